The Morgan fingerprint density at radius 3 is 1.90 bits per heavy atom. The van der Waals surface area contributed by atoms with E-state index in [0.717, 1.165) is 53.9 Å². The maximum Gasteiger partial charge on any atom is 0.193 e. The molecule has 0 saturated carbocycles. The summed E-state index contributed by atoms with van der Waals surface area (Å²) in [5, 5.41) is 20.5. The molecule has 0 bridgehead atoms. The van der Waals surface area contributed by atoms with Crippen LogP contribution in [0.4, 0.5) is 0 Å². The Bertz CT molecular complexity index is 1170. The van der Waals surface area contributed by atoms with Crippen LogP contribution in [-0.4, -0.2) is 18.8 Å². The Kier molecular flexibility index (Phi) is 13.5. The van der Waals surface area contributed by atoms with E-state index in [2.05, 4.69) is 50.3 Å². The summed E-state index contributed by atoms with van der Waals surface area (Å²) < 4.78 is 12.3. The molecule has 1 unspecified atom stereocenters. The molecule has 1 aliphatic rings. The van der Waals surface area contributed by atoms with E-state index in [-0.39, 0.29) is 0 Å². The molecule has 0 fully saturated rings. The van der Waals surface area contributed by atoms with Crippen LogP contribution in [0.2, 0.25) is 0 Å². The van der Waals surface area contributed by atoms with E-state index in [4.69, 9.17) is 9.47 Å². The fourth-order valence-electron chi connectivity index (χ4n) is 5.26. The van der Waals surface area contributed by atoms with Gasteiger partial charge in [-0.2, -0.15) is 10.5 Å². The van der Waals surface area contributed by atoms with Gasteiger partial charge in [0.1, 0.15) is 11.8 Å². The monoisotopic (exact) mass is 538 g/mol. The van der Waals surface area contributed by atoms with Crippen LogP contribution < -0.4 is 4.74 Å². The lowest BCUT2D eigenvalue weighted by molar-refractivity contribution is 0.0284. The standard InChI is InChI=1S/C36H46N2O2/c1-3-5-7-9-11-16-24-39-33-22-20-31(21-23-33)34-26-32(28-37)36(29-38,40-25-17-12-10-8-6-4-2)27-35(34)30-18-14-13-15-19-30/h13-15,18-23,26H,3-12,16-17,24-25,27H2,1-2H3. The Balaban J connectivity index is 1.76. The first-order valence-electron chi connectivity index (χ1n) is 15.4. The molecule has 0 radical (unpaired) electrons. The molecule has 1 atom stereocenters. The molecule has 0 heterocycles. The summed E-state index contributed by atoms with van der Waals surface area (Å²) in [6.07, 6.45) is 16.5. The van der Waals surface area contributed by atoms with E-state index in [1.54, 1.807) is 0 Å². The maximum absolute atomic E-state index is 10.3. The van der Waals surface area contributed by atoms with Crippen LogP contribution in [0.3, 0.4) is 0 Å². The van der Waals surface area contributed by atoms with Gasteiger partial charge in [0.25, 0.3) is 0 Å². The van der Waals surface area contributed by atoms with Gasteiger partial charge in [-0.3, -0.25) is 0 Å². The smallest absolute Gasteiger partial charge is 0.193 e. The van der Waals surface area contributed by atoms with Crippen LogP contribution in [-0.2, 0) is 4.74 Å². The lowest BCUT2D eigenvalue weighted by Gasteiger charge is -2.32. The number of rotatable bonds is 18. The van der Waals surface area contributed by atoms with Crippen molar-refractivity contribution in [3.63, 3.8) is 0 Å². The van der Waals surface area contributed by atoms with E-state index < -0.39 is 5.60 Å². The van der Waals surface area contributed by atoms with E-state index in [1.807, 2.05) is 36.4 Å². The molecule has 2 aromatic carbocycles. The molecule has 0 aromatic heterocycles. The average molecular weight is 539 g/mol. The summed E-state index contributed by atoms with van der Waals surface area (Å²) in [4.78, 5) is 0. The van der Waals surface area contributed by atoms with E-state index >= 15 is 0 Å². The Hall–Kier alpha value is -3.34. The molecule has 2 aromatic rings. The fraction of sp³-hybridized carbons (Fsp3) is 0.500. The summed E-state index contributed by atoms with van der Waals surface area (Å²) >= 11 is 0. The number of nitrogens with zero attached hydrogens (tertiary/aromatic N) is 2. The lowest BCUT2D eigenvalue weighted by atomic mass is 9.77. The molecular weight excluding hydrogens is 492 g/mol. The van der Waals surface area contributed by atoms with Gasteiger partial charge in [-0.1, -0.05) is 121 Å². The topological polar surface area (TPSA) is 66.0 Å². The fourth-order valence-corrected chi connectivity index (χ4v) is 5.26. The van der Waals surface area contributed by atoms with Gasteiger partial charge < -0.3 is 9.47 Å². The zero-order chi connectivity index (χ0) is 28.5. The van der Waals surface area contributed by atoms with E-state index in [0.29, 0.717) is 18.6 Å². The van der Waals surface area contributed by atoms with E-state index in [1.165, 1.54) is 57.8 Å². The minimum Gasteiger partial charge on any atom is -0.494 e. The van der Waals surface area contributed by atoms with Crippen LogP contribution >= 0.6 is 0 Å². The molecule has 0 aliphatic heterocycles. The van der Waals surface area contributed by atoms with Crippen molar-refractivity contribution in [2.45, 2.75) is 103 Å². The Labute approximate surface area is 242 Å². The van der Waals surface area contributed by atoms with Gasteiger partial charge in [-0.15, -0.1) is 0 Å². The largest absolute Gasteiger partial charge is 0.494 e. The number of ether oxygens (including phenoxy) is 2. The predicted molar refractivity (Wildman–Crippen MR) is 165 cm³/mol. The van der Waals surface area contributed by atoms with Gasteiger partial charge in [-0.25, -0.2) is 0 Å². The molecule has 40 heavy (non-hydrogen) atoms. The van der Waals surface area contributed by atoms with Gasteiger partial charge >= 0.3 is 0 Å². The molecule has 0 spiro atoms. The highest BCUT2D eigenvalue weighted by atomic mass is 16.5. The zero-order valence-corrected chi connectivity index (χ0v) is 24.6. The summed E-state index contributed by atoms with van der Waals surface area (Å²) in [6.45, 7) is 5.65. The molecule has 0 N–H and O–H groups in total. The lowest BCUT2D eigenvalue weighted by Crippen LogP contribution is -2.36. The summed E-state index contributed by atoms with van der Waals surface area (Å²) in [5.74, 6) is 0.855. The Morgan fingerprint density at radius 2 is 1.30 bits per heavy atom. The third kappa shape index (κ3) is 9.11. The molecular formula is C36H46N2O2. The first-order chi connectivity index (χ1) is 19.7. The molecule has 212 valence electrons. The second-order valence-corrected chi connectivity index (χ2v) is 10.8. The predicted octanol–water partition coefficient (Wildman–Crippen LogP) is 9.83. The number of benzene rings is 2. The van der Waals surface area contributed by atoms with Crippen molar-refractivity contribution in [1.29, 1.82) is 10.5 Å². The van der Waals surface area contributed by atoms with Crippen LogP contribution in [0.1, 0.15) is 108 Å². The van der Waals surface area contributed by atoms with Crippen molar-refractivity contribution < 1.29 is 9.47 Å². The number of hydrogen-bond donors (Lipinski definition) is 0. The van der Waals surface area contributed by atoms with Gasteiger partial charge in [0.2, 0.25) is 0 Å². The van der Waals surface area contributed by atoms with Crippen molar-refractivity contribution in [3.8, 4) is 17.9 Å². The second-order valence-electron chi connectivity index (χ2n) is 10.8. The third-order valence-electron chi connectivity index (χ3n) is 7.68. The minimum atomic E-state index is -1.27. The van der Waals surface area contributed by atoms with Crippen molar-refractivity contribution >= 4 is 11.1 Å². The van der Waals surface area contributed by atoms with Gasteiger partial charge in [-0.05, 0) is 53.3 Å². The number of allylic oxidation sites excluding steroid dienone is 2. The SMILES string of the molecule is CCCCCCCCOc1ccc(C2=C(c3ccccc3)CC(C#N)(OCCCCCCCC)C(C#N)=C2)cc1. The zero-order valence-electron chi connectivity index (χ0n) is 24.6. The molecule has 4 heteroatoms. The summed E-state index contributed by atoms with van der Waals surface area (Å²) in [7, 11) is 0. The normalized spacial score (nSPS) is 16.8. The third-order valence-corrected chi connectivity index (χ3v) is 7.68. The highest BCUT2D eigenvalue weighted by molar-refractivity contribution is 5.98. The number of hydrogen-bond acceptors (Lipinski definition) is 4. The molecule has 0 saturated heterocycles. The van der Waals surface area contributed by atoms with Crippen molar-refractivity contribution in [2.24, 2.45) is 0 Å². The first-order valence-corrected chi connectivity index (χ1v) is 15.4. The van der Waals surface area contributed by atoms with Crippen molar-refractivity contribution in [2.75, 3.05) is 13.2 Å². The van der Waals surface area contributed by atoms with Crippen molar-refractivity contribution in [1.82, 2.24) is 0 Å². The quantitative estimate of drug-likeness (QED) is 0.177. The van der Waals surface area contributed by atoms with Crippen molar-refractivity contribution in [3.05, 3.63) is 77.4 Å². The van der Waals surface area contributed by atoms with Crippen LogP contribution in [0.5, 0.6) is 5.75 Å². The number of unbranched alkanes of at least 4 members (excludes halogenated alkanes) is 10. The first kappa shape index (κ1) is 31.2. The van der Waals surface area contributed by atoms with Crippen LogP contribution in [0.15, 0.2) is 66.2 Å². The van der Waals surface area contributed by atoms with Gasteiger partial charge in [0.15, 0.2) is 5.60 Å². The molecule has 1 aliphatic carbocycles. The van der Waals surface area contributed by atoms with Gasteiger partial charge in [0, 0.05) is 13.0 Å². The van der Waals surface area contributed by atoms with Crippen LogP contribution in [0.25, 0.3) is 11.1 Å². The number of nitriles is 2. The molecule has 3 rings (SSSR count). The Morgan fingerprint density at radius 1 is 0.700 bits per heavy atom. The maximum atomic E-state index is 10.3. The average Bonchev–Trinajstić information content (AvgIpc) is 3.00. The highest BCUT2D eigenvalue weighted by Gasteiger charge is 2.41. The summed E-state index contributed by atoms with van der Waals surface area (Å²) in [6, 6.07) is 22.9. The second kappa shape index (κ2) is 17.4. The van der Waals surface area contributed by atoms with Crippen LogP contribution in [0, 0.1) is 22.7 Å². The molecule has 4 nitrogen and oxygen atoms in total. The minimum absolute atomic E-state index is 0.342. The van der Waals surface area contributed by atoms with Gasteiger partial charge in [0.05, 0.1) is 18.2 Å². The van der Waals surface area contributed by atoms with E-state index in [9.17, 15) is 10.5 Å². The summed E-state index contributed by atoms with van der Waals surface area (Å²) in [5.41, 5.74) is 3.12. The molecule has 0 amide bonds. The highest BCUT2D eigenvalue weighted by Crippen LogP contribution is 2.43.